The Balaban J connectivity index is 2.44. The summed E-state index contributed by atoms with van der Waals surface area (Å²) in [6, 6.07) is 5.00. The monoisotopic (exact) mass is 349 g/mol. The lowest BCUT2D eigenvalue weighted by atomic mass is 10.3. The fourth-order valence-electron chi connectivity index (χ4n) is 1.61. The maximum Gasteiger partial charge on any atom is 0.245 e. The second kappa shape index (κ2) is 5.20. The quantitative estimate of drug-likeness (QED) is 0.796. The van der Waals surface area contributed by atoms with Crippen molar-refractivity contribution < 1.29 is 8.42 Å². The lowest BCUT2D eigenvalue weighted by Gasteiger charge is -2.19. The molecule has 1 aliphatic heterocycles. The van der Waals surface area contributed by atoms with Crippen molar-refractivity contribution in [1.29, 1.82) is 0 Å². The van der Waals surface area contributed by atoms with E-state index in [9.17, 15) is 8.42 Å². The zero-order valence-corrected chi connectivity index (χ0v) is 13.1. The Bertz CT molecular complexity index is 637. The van der Waals surface area contributed by atoms with Gasteiger partial charge in [-0.1, -0.05) is 28.9 Å². The van der Waals surface area contributed by atoms with Gasteiger partial charge in [0, 0.05) is 18.4 Å². The molecule has 1 unspecified atom stereocenters. The smallest absolute Gasteiger partial charge is 0.207 e. The molecule has 0 N–H and O–H groups in total. The highest BCUT2D eigenvalue weighted by molar-refractivity contribution is 9.09. The van der Waals surface area contributed by atoms with E-state index < -0.39 is 10.0 Å². The molecule has 2 rings (SSSR count). The highest BCUT2D eigenvalue weighted by atomic mass is 79.9. The molecule has 0 bridgehead atoms. The molecule has 0 aliphatic carbocycles. The maximum absolute atomic E-state index is 12.4. The number of halogens is 1. The molecule has 0 saturated carbocycles. The van der Waals surface area contributed by atoms with Crippen LogP contribution in [0, 0.1) is 0 Å². The van der Waals surface area contributed by atoms with Crippen molar-refractivity contribution >= 4 is 48.7 Å². The third-order valence-corrected chi connectivity index (χ3v) is 5.13. The van der Waals surface area contributed by atoms with E-state index in [2.05, 4.69) is 24.7 Å². The summed E-state index contributed by atoms with van der Waals surface area (Å²) in [6.07, 6.45) is 0. The first-order valence-electron chi connectivity index (χ1n) is 5.24. The number of alkyl halides is 1. The van der Waals surface area contributed by atoms with Crippen LogP contribution in [-0.4, -0.2) is 31.1 Å². The van der Waals surface area contributed by atoms with Crippen LogP contribution in [0.25, 0.3) is 0 Å². The molecule has 0 aromatic heterocycles. The van der Waals surface area contributed by atoms with Crippen molar-refractivity contribution in [1.82, 2.24) is 4.31 Å². The fraction of sp³-hybridized carbons (Fsp3) is 0.400. The molecule has 1 atom stereocenters. The van der Waals surface area contributed by atoms with Gasteiger partial charge in [0.15, 0.2) is 0 Å². The lowest BCUT2D eigenvalue weighted by Crippen LogP contribution is -2.31. The van der Waals surface area contributed by atoms with E-state index in [1.807, 2.05) is 6.92 Å². The molecule has 0 fully saturated rings. The minimum atomic E-state index is -3.52. The van der Waals surface area contributed by atoms with Crippen LogP contribution in [0.4, 0.5) is 11.4 Å². The Hall–Kier alpha value is -0.570. The van der Waals surface area contributed by atoms with Crippen molar-refractivity contribution in [3.05, 3.63) is 18.2 Å². The first-order valence-corrected chi connectivity index (χ1v) is 8.33. The number of nitrogens with zero attached hydrogens (tertiary/aromatic N) is 3. The Morgan fingerprint density at radius 1 is 1.44 bits per heavy atom. The normalized spacial score (nSPS) is 15.6. The average Bonchev–Trinajstić information content (AvgIpc) is 2.75. The van der Waals surface area contributed by atoms with Gasteiger partial charge in [0.2, 0.25) is 10.0 Å². The SMILES string of the molecule is CC(Br)CN(C)S(=O)(=O)c1cccc2c1N=S=N2. The van der Waals surface area contributed by atoms with Gasteiger partial charge in [-0.25, -0.2) is 8.42 Å². The summed E-state index contributed by atoms with van der Waals surface area (Å²) in [5.74, 6) is 0. The van der Waals surface area contributed by atoms with Crippen molar-refractivity contribution in [2.24, 2.45) is 8.73 Å². The van der Waals surface area contributed by atoms with Crippen molar-refractivity contribution in [2.45, 2.75) is 16.6 Å². The summed E-state index contributed by atoms with van der Waals surface area (Å²) >= 11 is 4.37. The van der Waals surface area contributed by atoms with Crippen molar-refractivity contribution in [3.8, 4) is 0 Å². The Morgan fingerprint density at radius 3 is 2.83 bits per heavy atom. The van der Waals surface area contributed by atoms with E-state index in [1.54, 1.807) is 25.2 Å². The van der Waals surface area contributed by atoms with Crippen LogP contribution in [0.5, 0.6) is 0 Å². The molecule has 8 heteroatoms. The van der Waals surface area contributed by atoms with Crippen LogP contribution in [0.2, 0.25) is 0 Å². The average molecular weight is 350 g/mol. The number of rotatable bonds is 4. The minimum Gasteiger partial charge on any atom is -0.207 e. The highest BCUT2D eigenvalue weighted by Crippen LogP contribution is 2.38. The molecule has 0 saturated heterocycles. The zero-order chi connectivity index (χ0) is 13.3. The van der Waals surface area contributed by atoms with Crippen molar-refractivity contribution in [3.63, 3.8) is 0 Å². The highest BCUT2D eigenvalue weighted by Gasteiger charge is 2.27. The van der Waals surface area contributed by atoms with E-state index in [4.69, 9.17) is 0 Å². The number of benzene rings is 1. The van der Waals surface area contributed by atoms with Gasteiger partial charge < -0.3 is 0 Å². The minimum absolute atomic E-state index is 0.0880. The second-order valence-corrected chi connectivity index (χ2v) is 8.06. The number of hydrogen-bond donors (Lipinski definition) is 0. The first-order chi connectivity index (χ1) is 8.43. The van der Waals surface area contributed by atoms with E-state index in [0.29, 0.717) is 17.9 Å². The van der Waals surface area contributed by atoms with E-state index in [0.717, 1.165) is 11.4 Å². The predicted molar refractivity (Wildman–Crippen MR) is 76.2 cm³/mol. The number of hydrogen-bond acceptors (Lipinski definition) is 4. The molecule has 0 amide bonds. The van der Waals surface area contributed by atoms with Crippen molar-refractivity contribution in [2.75, 3.05) is 13.6 Å². The largest absolute Gasteiger partial charge is 0.245 e. The van der Waals surface area contributed by atoms with Gasteiger partial charge in [-0.15, -0.1) is 0 Å². The van der Waals surface area contributed by atoms with Crippen LogP contribution >= 0.6 is 15.9 Å². The Morgan fingerprint density at radius 2 is 2.17 bits per heavy atom. The molecule has 18 heavy (non-hydrogen) atoms. The Kier molecular flexibility index (Phi) is 4.00. The second-order valence-electron chi connectivity index (χ2n) is 3.95. The molecule has 5 nitrogen and oxygen atoms in total. The third-order valence-electron chi connectivity index (χ3n) is 2.45. The molecule has 1 heterocycles. The van der Waals surface area contributed by atoms with Gasteiger partial charge in [0.05, 0.1) is 11.4 Å². The van der Waals surface area contributed by atoms with Crippen LogP contribution in [0.1, 0.15) is 6.92 Å². The zero-order valence-electron chi connectivity index (χ0n) is 9.87. The summed E-state index contributed by atoms with van der Waals surface area (Å²) in [7, 11) is -1.96. The summed E-state index contributed by atoms with van der Waals surface area (Å²) < 4.78 is 34.3. The van der Waals surface area contributed by atoms with Gasteiger partial charge in [-0.2, -0.15) is 13.0 Å². The summed E-state index contributed by atoms with van der Waals surface area (Å²) in [5, 5.41) is 0. The van der Waals surface area contributed by atoms with Crippen LogP contribution in [0.15, 0.2) is 31.8 Å². The number of sulfonamides is 1. The summed E-state index contributed by atoms with van der Waals surface area (Å²) in [6.45, 7) is 2.30. The van der Waals surface area contributed by atoms with Gasteiger partial charge in [-0.05, 0) is 12.1 Å². The van der Waals surface area contributed by atoms with E-state index in [1.165, 1.54) is 4.31 Å². The first kappa shape index (κ1) is 13.9. The molecule has 1 aromatic carbocycles. The molecule has 1 aliphatic rings. The predicted octanol–water partition coefficient (Wildman–Crippen LogP) is 2.82. The molecular formula is C10H12BrN3O2S2. The standard InChI is InChI=1S/C10H12BrN3O2S2/c1-7(11)6-14(2)18(15,16)9-5-3-4-8-10(9)13-17-12-8/h3-5,7H,6H2,1-2H3. The lowest BCUT2D eigenvalue weighted by molar-refractivity contribution is 0.474. The molecule has 1 aromatic rings. The topological polar surface area (TPSA) is 62.1 Å². The Labute approximate surface area is 118 Å². The van der Waals surface area contributed by atoms with Gasteiger partial charge in [-0.3, -0.25) is 0 Å². The van der Waals surface area contributed by atoms with Crippen LogP contribution in [-0.2, 0) is 21.4 Å². The number of fused-ring (bicyclic) bond motifs is 1. The maximum atomic E-state index is 12.4. The van der Waals surface area contributed by atoms with Gasteiger partial charge in [0.1, 0.15) is 16.3 Å². The molecule has 0 radical (unpaired) electrons. The van der Waals surface area contributed by atoms with Crippen LogP contribution in [0.3, 0.4) is 0 Å². The van der Waals surface area contributed by atoms with Crippen LogP contribution < -0.4 is 0 Å². The summed E-state index contributed by atoms with van der Waals surface area (Å²) in [5.41, 5.74) is 1.05. The summed E-state index contributed by atoms with van der Waals surface area (Å²) in [4.78, 5) is 0.300. The van der Waals surface area contributed by atoms with Gasteiger partial charge >= 0.3 is 0 Å². The van der Waals surface area contributed by atoms with E-state index >= 15 is 0 Å². The third kappa shape index (κ3) is 2.56. The molecular weight excluding hydrogens is 338 g/mol. The fourth-order valence-corrected chi connectivity index (χ4v) is 4.24. The van der Waals surface area contributed by atoms with E-state index in [-0.39, 0.29) is 9.72 Å². The molecule has 98 valence electrons. The van der Waals surface area contributed by atoms with Gasteiger partial charge in [0.25, 0.3) is 0 Å². The molecule has 0 spiro atoms.